The van der Waals surface area contributed by atoms with Crippen LogP contribution in [-0.4, -0.2) is 74.9 Å². The Labute approximate surface area is 487 Å². The van der Waals surface area contributed by atoms with Crippen LogP contribution in [0.1, 0.15) is 168 Å². The molecule has 0 aliphatic carbocycles. The number of hydrogen-bond donors (Lipinski definition) is 1. The molecule has 0 saturated carbocycles. The van der Waals surface area contributed by atoms with Crippen LogP contribution in [0.2, 0.25) is 0 Å². The lowest BCUT2D eigenvalue weighted by Crippen LogP contribution is -2.37. The zero-order chi connectivity index (χ0) is 58.4. The summed E-state index contributed by atoms with van der Waals surface area (Å²) < 4.78 is 34.4. The third-order valence-electron chi connectivity index (χ3n) is 11.3. The first kappa shape index (κ1) is 74.6. The van der Waals surface area contributed by atoms with Crippen LogP contribution in [0.4, 0.5) is 0 Å². The Balaban J connectivity index is 4.41. The summed E-state index contributed by atoms with van der Waals surface area (Å²) in [5.41, 5.74) is 0. The maximum Gasteiger partial charge on any atom is 0.472 e. The molecule has 80 heavy (non-hydrogen) atoms. The minimum atomic E-state index is -4.43. The fraction of sp³-hybridized carbons (Fsp3) is 0.486. The highest BCUT2D eigenvalue weighted by Gasteiger charge is 2.27. The van der Waals surface area contributed by atoms with E-state index < -0.39 is 32.5 Å². The number of phosphoric acid groups is 1. The van der Waals surface area contributed by atoms with Gasteiger partial charge in [0.05, 0.1) is 27.7 Å². The van der Waals surface area contributed by atoms with E-state index in [1.54, 1.807) is 0 Å². The zero-order valence-corrected chi connectivity index (χ0v) is 51.1. The normalized spacial score (nSPS) is 14.7. The van der Waals surface area contributed by atoms with Gasteiger partial charge in [-0.05, 0) is 141 Å². The first-order valence-electron chi connectivity index (χ1n) is 29.8. The Morgan fingerprint density at radius 2 is 0.675 bits per heavy atom. The molecule has 0 rings (SSSR count). The Morgan fingerprint density at radius 1 is 0.388 bits per heavy atom. The summed E-state index contributed by atoms with van der Waals surface area (Å²) in [5, 5.41) is 0. The van der Waals surface area contributed by atoms with Gasteiger partial charge < -0.3 is 18.9 Å². The number of carbonyl (C=O) groups is 2. The molecule has 0 radical (unpaired) electrons. The number of carbonyl (C=O) groups excluding carboxylic acids is 2. The van der Waals surface area contributed by atoms with E-state index >= 15 is 0 Å². The van der Waals surface area contributed by atoms with Gasteiger partial charge in [-0.25, -0.2) is 4.57 Å². The lowest BCUT2D eigenvalue weighted by molar-refractivity contribution is -0.870. The Hall–Kier alpha value is -5.41. The van der Waals surface area contributed by atoms with Crippen LogP contribution in [0.25, 0.3) is 0 Å². The number of esters is 2. The Bertz CT molecular complexity index is 2100. The molecule has 0 saturated heterocycles. The molecular formula is C70H107NO8P+. The lowest BCUT2D eigenvalue weighted by Gasteiger charge is -2.24. The summed E-state index contributed by atoms with van der Waals surface area (Å²) in [6.45, 7) is 4.04. The van der Waals surface area contributed by atoms with Crippen molar-refractivity contribution in [1.29, 1.82) is 0 Å². The summed E-state index contributed by atoms with van der Waals surface area (Å²) in [6, 6.07) is 0. The van der Waals surface area contributed by atoms with Gasteiger partial charge in [0.2, 0.25) is 0 Å². The molecule has 0 aromatic heterocycles. The van der Waals surface area contributed by atoms with E-state index in [0.29, 0.717) is 30.3 Å². The highest BCUT2D eigenvalue weighted by atomic mass is 31.2. The van der Waals surface area contributed by atoms with Crippen molar-refractivity contribution in [3.8, 4) is 0 Å². The Morgan fingerprint density at radius 3 is 0.988 bits per heavy atom. The minimum absolute atomic E-state index is 0.000372. The molecular weight excluding hydrogens is 1010 g/mol. The molecule has 0 aliphatic heterocycles. The third-order valence-corrected chi connectivity index (χ3v) is 12.3. The average Bonchev–Trinajstić information content (AvgIpc) is 3.42. The van der Waals surface area contributed by atoms with Crippen molar-refractivity contribution in [2.75, 3.05) is 47.5 Å². The molecule has 444 valence electrons. The topological polar surface area (TPSA) is 108 Å². The summed E-state index contributed by atoms with van der Waals surface area (Å²) in [5.74, 6) is -0.942. The predicted octanol–water partition coefficient (Wildman–Crippen LogP) is 19.1. The lowest BCUT2D eigenvalue weighted by atomic mass is 10.2. The molecule has 0 bridgehead atoms. The van der Waals surface area contributed by atoms with Crippen molar-refractivity contribution >= 4 is 19.8 Å². The van der Waals surface area contributed by atoms with Crippen LogP contribution in [0.5, 0.6) is 0 Å². The molecule has 0 aromatic carbocycles. The van der Waals surface area contributed by atoms with Gasteiger partial charge in [-0.1, -0.05) is 220 Å². The van der Waals surface area contributed by atoms with Crippen LogP contribution in [0.15, 0.2) is 207 Å². The van der Waals surface area contributed by atoms with Gasteiger partial charge in [0.25, 0.3) is 0 Å². The number of ether oxygens (including phenoxy) is 2. The SMILES string of the molecule is CC/C=C\C/C=C\C/C=C\C/C=C\C/C=C\C/C=C\C/C=C\C/C=C\C/C=C\C/C=C\CCCCC(=O)OC(COC(=O)CCC/C=C\C/C=C\C/C=C\C/C=C\C/C=C\C/C=C\C/C=C\CC)COP(=O)(O)OCC[N+](C)(C)C. The van der Waals surface area contributed by atoms with Gasteiger partial charge in [0.1, 0.15) is 19.8 Å². The van der Waals surface area contributed by atoms with Crippen LogP contribution < -0.4 is 0 Å². The van der Waals surface area contributed by atoms with Crippen LogP contribution in [0.3, 0.4) is 0 Å². The molecule has 2 unspecified atom stereocenters. The highest BCUT2D eigenvalue weighted by Crippen LogP contribution is 2.43. The van der Waals surface area contributed by atoms with Crippen molar-refractivity contribution in [3.63, 3.8) is 0 Å². The zero-order valence-electron chi connectivity index (χ0n) is 50.2. The predicted molar refractivity (Wildman–Crippen MR) is 343 cm³/mol. The molecule has 0 heterocycles. The van der Waals surface area contributed by atoms with E-state index in [9.17, 15) is 19.0 Å². The number of quaternary nitrogens is 1. The van der Waals surface area contributed by atoms with Crippen LogP contribution in [0, 0.1) is 0 Å². The first-order chi connectivity index (χ1) is 39.0. The van der Waals surface area contributed by atoms with Crippen molar-refractivity contribution in [3.05, 3.63) is 207 Å². The van der Waals surface area contributed by atoms with Gasteiger partial charge in [-0.2, -0.15) is 0 Å². The molecule has 0 aromatic rings. The number of phosphoric ester groups is 1. The van der Waals surface area contributed by atoms with E-state index in [4.69, 9.17) is 18.5 Å². The maximum absolute atomic E-state index is 12.8. The smallest absolute Gasteiger partial charge is 0.462 e. The number of hydrogen-bond acceptors (Lipinski definition) is 7. The summed E-state index contributed by atoms with van der Waals surface area (Å²) >= 11 is 0. The minimum Gasteiger partial charge on any atom is -0.462 e. The van der Waals surface area contributed by atoms with Gasteiger partial charge in [0.15, 0.2) is 6.10 Å². The van der Waals surface area contributed by atoms with Crippen LogP contribution in [-0.2, 0) is 32.7 Å². The molecule has 9 nitrogen and oxygen atoms in total. The number of allylic oxidation sites excluding steroid dienone is 34. The molecule has 0 fully saturated rings. The van der Waals surface area contributed by atoms with Crippen molar-refractivity contribution < 1.29 is 42.1 Å². The van der Waals surface area contributed by atoms with Gasteiger partial charge in [0, 0.05) is 12.8 Å². The van der Waals surface area contributed by atoms with E-state index in [1.807, 2.05) is 27.2 Å². The van der Waals surface area contributed by atoms with E-state index in [2.05, 4.69) is 214 Å². The largest absolute Gasteiger partial charge is 0.472 e. The second kappa shape index (κ2) is 58.3. The number of likely N-dealkylation sites (N-methyl/N-ethyl adjacent to an activating group) is 1. The van der Waals surface area contributed by atoms with E-state index in [1.165, 1.54) is 0 Å². The molecule has 0 aliphatic rings. The van der Waals surface area contributed by atoms with E-state index in [-0.39, 0.29) is 26.1 Å². The second-order valence-electron chi connectivity index (χ2n) is 19.9. The monoisotopic (exact) mass is 1120 g/mol. The highest BCUT2D eigenvalue weighted by molar-refractivity contribution is 7.47. The third kappa shape index (κ3) is 61.8. The van der Waals surface area contributed by atoms with Crippen molar-refractivity contribution in [2.24, 2.45) is 0 Å². The van der Waals surface area contributed by atoms with Gasteiger partial charge in [-0.15, -0.1) is 0 Å². The maximum atomic E-state index is 12.8. The molecule has 0 amide bonds. The summed E-state index contributed by atoms with van der Waals surface area (Å²) in [6.07, 6.45) is 93.4. The van der Waals surface area contributed by atoms with Crippen LogP contribution >= 0.6 is 7.82 Å². The first-order valence-corrected chi connectivity index (χ1v) is 31.3. The fourth-order valence-electron chi connectivity index (χ4n) is 6.79. The quantitative estimate of drug-likeness (QED) is 0.0211. The average molecular weight is 1120 g/mol. The number of unbranched alkanes of at least 4 members (excludes halogenated alkanes) is 3. The van der Waals surface area contributed by atoms with Gasteiger partial charge >= 0.3 is 19.8 Å². The van der Waals surface area contributed by atoms with Crippen molar-refractivity contribution in [1.82, 2.24) is 0 Å². The number of rotatable bonds is 51. The van der Waals surface area contributed by atoms with Gasteiger partial charge in [-0.3, -0.25) is 18.6 Å². The molecule has 0 spiro atoms. The second-order valence-corrected chi connectivity index (χ2v) is 21.4. The number of nitrogens with zero attached hydrogens (tertiary/aromatic N) is 1. The standard InChI is InChI=1S/C70H106NO8P/c1-6-8-10-12-14-16-18-20-22-24-26-28-30-31-32-33-34-35-36-37-38-39-41-43-45-47-49-51-53-55-57-59-61-63-70(73)79-68(67-78-80(74,75)77-65-64-71(3,4)5)66-76-69(72)62-60-58-56-54-52-50-48-46-44-42-40-29-27-25-23-21-19-17-15-13-11-9-7-2/h8-11,14-17,20-23,26-29,31-32,34-35,37-38,41-44,47-50,53-56,68H,6-7,12-13,18-19,24-25,30,33,36,39-40,45-46,51-52,57-67H2,1-5H3/p+1/b10-8-,11-9-,16-14-,17-15-,22-20-,23-21-,28-26-,29-27-,32-31-,35-34-,38-37-,43-41-,44-42-,49-47-,50-48-,55-53-,56-54-. The molecule has 1 N–H and O–H groups in total. The fourth-order valence-corrected chi connectivity index (χ4v) is 7.54. The molecule has 10 heteroatoms. The molecule has 2 atom stereocenters. The summed E-state index contributed by atoms with van der Waals surface area (Å²) in [7, 11) is 1.38. The van der Waals surface area contributed by atoms with E-state index in [0.717, 1.165) is 122 Å². The Kier molecular flexibility index (Phi) is 54.3. The summed E-state index contributed by atoms with van der Waals surface area (Å²) in [4.78, 5) is 35.7. The van der Waals surface area contributed by atoms with Crippen molar-refractivity contribution in [2.45, 2.75) is 174 Å².